The Hall–Kier alpha value is -2.74. The first-order chi connectivity index (χ1) is 16.3. The van der Waals surface area contributed by atoms with Crippen LogP contribution in [0.25, 0.3) is 17.2 Å². The number of nitrogen functional groups attached to an aromatic ring is 1. The molecule has 0 unspecified atom stereocenters. The molecule has 2 aromatic carbocycles. The zero-order valence-corrected chi connectivity index (χ0v) is 22.6. The number of aromatic nitrogens is 5. The van der Waals surface area contributed by atoms with Crippen LogP contribution in [-0.2, 0) is 0 Å². The number of nitrogens with zero attached hydrogens (tertiary/aromatic N) is 5. The van der Waals surface area contributed by atoms with Gasteiger partial charge in [-0.3, -0.25) is 0 Å². The van der Waals surface area contributed by atoms with Crippen molar-refractivity contribution in [3.63, 3.8) is 0 Å². The van der Waals surface area contributed by atoms with Gasteiger partial charge in [0.25, 0.3) is 0 Å². The summed E-state index contributed by atoms with van der Waals surface area (Å²) in [5.41, 5.74) is 8.60. The lowest BCUT2D eigenvalue weighted by Crippen LogP contribution is -2.04. The molecule has 3 aromatic heterocycles. The van der Waals surface area contributed by atoms with Gasteiger partial charge in [-0.25, -0.2) is 18.1 Å². The number of hydrogen-bond donors (Lipinski definition) is 1. The lowest BCUT2D eigenvalue weighted by atomic mass is 10.3. The van der Waals surface area contributed by atoms with Crippen molar-refractivity contribution in [1.29, 1.82) is 0 Å². The van der Waals surface area contributed by atoms with Crippen molar-refractivity contribution in [2.24, 2.45) is 0 Å². The van der Waals surface area contributed by atoms with Crippen LogP contribution in [0, 0.1) is 32.9 Å². The average molecular weight is 684 g/mol. The highest BCUT2D eigenvalue weighted by Crippen LogP contribution is 2.22. The minimum atomic E-state index is -0.312. The molecule has 10 heteroatoms. The van der Waals surface area contributed by atoms with Crippen molar-refractivity contribution in [1.82, 2.24) is 24.1 Å². The van der Waals surface area contributed by atoms with Gasteiger partial charge in [-0.15, -0.1) is 10.2 Å². The maximum atomic E-state index is 13.9. The van der Waals surface area contributed by atoms with Gasteiger partial charge >= 0.3 is 0 Å². The fraction of sp³-hybridized carbons (Fsp3) is 0.0833. The Morgan fingerprint density at radius 2 is 1.18 bits per heavy atom. The van der Waals surface area contributed by atoms with E-state index < -0.39 is 0 Å². The van der Waals surface area contributed by atoms with Gasteiger partial charge in [0.1, 0.15) is 36.2 Å². The van der Waals surface area contributed by atoms with E-state index in [1.54, 1.807) is 41.1 Å². The molecule has 6 nitrogen and oxygen atoms in total. The summed E-state index contributed by atoms with van der Waals surface area (Å²) >= 11 is 4.23. The van der Waals surface area contributed by atoms with Crippen LogP contribution in [0.15, 0.2) is 72.8 Å². The van der Waals surface area contributed by atoms with Gasteiger partial charge in [-0.2, -0.15) is 0 Å². The van der Waals surface area contributed by atoms with Crippen molar-refractivity contribution in [2.75, 3.05) is 5.73 Å². The molecule has 0 radical (unpaired) electrons. The molecule has 174 valence electrons. The van der Waals surface area contributed by atoms with E-state index in [2.05, 4.69) is 59.9 Å². The molecule has 0 saturated heterocycles. The van der Waals surface area contributed by atoms with E-state index >= 15 is 0 Å². The summed E-state index contributed by atoms with van der Waals surface area (Å²) in [6.45, 7) is 4.06. The molecule has 0 amide bonds. The Morgan fingerprint density at radius 1 is 0.706 bits per heavy atom. The molecule has 0 bridgehead atoms. The van der Waals surface area contributed by atoms with E-state index in [0.717, 1.165) is 24.6 Å². The topological polar surface area (TPSA) is 66.6 Å². The summed E-state index contributed by atoms with van der Waals surface area (Å²) in [5, 5.41) is 8.53. The molecule has 34 heavy (non-hydrogen) atoms. The fourth-order valence-corrected chi connectivity index (χ4v) is 4.78. The fourth-order valence-electron chi connectivity index (χ4n) is 3.45. The summed E-state index contributed by atoms with van der Waals surface area (Å²) in [5.74, 6) is 0.602. The van der Waals surface area contributed by atoms with Crippen molar-refractivity contribution >= 4 is 51.0 Å². The zero-order valence-electron chi connectivity index (χ0n) is 18.3. The quantitative estimate of drug-likeness (QED) is 0.230. The molecule has 0 fully saturated rings. The first-order valence-electron chi connectivity index (χ1n) is 10.2. The van der Waals surface area contributed by atoms with Crippen molar-refractivity contribution in [2.45, 2.75) is 13.8 Å². The highest BCUT2D eigenvalue weighted by atomic mass is 127. The van der Waals surface area contributed by atoms with Crippen molar-refractivity contribution < 1.29 is 8.78 Å². The van der Waals surface area contributed by atoms with Gasteiger partial charge in [0.05, 0.1) is 0 Å². The van der Waals surface area contributed by atoms with E-state index in [1.165, 1.54) is 16.8 Å². The van der Waals surface area contributed by atoms with E-state index in [4.69, 9.17) is 5.73 Å². The Bertz CT molecular complexity index is 1430. The minimum absolute atomic E-state index is 0.277. The van der Waals surface area contributed by atoms with Gasteiger partial charge in [0.2, 0.25) is 0 Å². The predicted molar refractivity (Wildman–Crippen MR) is 146 cm³/mol. The smallest absolute Gasteiger partial charge is 0.160 e. The van der Waals surface area contributed by atoms with Crippen LogP contribution >= 0.6 is 45.2 Å². The molecule has 0 spiro atoms. The monoisotopic (exact) mass is 684 g/mol. The van der Waals surface area contributed by atoms with Gasteiger partial charge in [0.15, 0.2) is 5.82 Å². The van der Waals surface area contributed by atoms with Crippen LogP contribution in [0.5, 0.6) is 0 Å². The predicted octanol–water partition coefficient (Wildman–Crippen LogP) is 6.22. The third-order valence-electron chi connectivity index (χ3n) is 5.00. The first kappa shape index (κ1) is 24.4. The van der Waals surface area contributed by atoms with Gasteiger partial charge in [-0.1, -0.05) is 24.3 Å². The number of aryl methyl sites for hydroxylation is 2. The van der Waals surface area contributed by atoms with E-state index in [0.29, 0.717) is 17.2 Å². The second-order valence-electron chi connectivity index (χ2n) is 7.40. The molecule has 0 aliphatic carbocycles. The average Bonchev–Trinajstić information content (AvgIpc) is 3.45. The molecule has 0 aliphatic rings. The van der Waals surface area contributed by atoms with Crippen molar-refractivity contribution in [3.8, 4) is 17.2 Å². The Labute approximate surface area is 222 Å². The Balaban J connectivity index is 0.000000172. The van der Waals surface area contributed by atoms with Gasteiger partial charge in [0, 0.05) is 23.5 Å². The second-order valence-corrected chi connectivity index (χ2v) is 9.61. The third kappa shape index (κ3) is 5.02. The number of benzene rings is 2. The third-order valence-corrected chi connectivity index (χ3v) is 6.54. The summed E-state index contributed by atoms with van der Waals surface area (Å²) in [6, 6.07) is 20.8. The molecule has 5 aromatic rings. The number of nitrogens with two attached hydrogens (primary N) is 1. The van der Waals surface area contributed by atoms with Crippen LogP contribution in [0.2, 0.25) is 0 Å². The van der Waals surface area contributed by atoms with Crippen LogP contribution in [0.1, 0.15) is 11.4 Å². The van der Waals surface area contributed by atoms with E-state index in [-0.39, 0.29) is 11.6 Å². The number of rotatable bonds is 3. The number of para-hydroxylation sites is 2. The molecule has 5 rings (SSSR count). The van der Waals surface area contributed by atoms with Crippen LogP contribution in [-0.4, -0.2) is 24.1 Å². The van der Waals surface area contributed by atoms with Crippen molar-refractivity contribution in [3.05, 3.63) is 103 Å². The lowest BCUT2D eigenvalue weighted by Gasteiger charge is -2.06. The van der Waals surface area contributed by atoms with E-state index in [9.17, 15) is 8.78 Å². The lowest BCUT2D eigenvalue weighted by molar-refractivity contribution is 0.608. The minimum Gasteiger partial charge on any atom is -0.382 e. The largest absolute Gasteiger partial charge is 0.382 e. The summed E-state index contributed by atoms with van der Waals surface area (Å²) < 4.78 is 34.1. The molecular weight excluding hydrogens is 664 g/mol. The maximum Gasteiger partial charge on any atom is 0.160 e. The highest BCUT2D eigenvalue weighted by molar-refractivity contribution is 14.1. The zero-order chi connectivity index (χ0) is 24.4. The Kier molecular flexibility index (Phi) is 7.36. The summed E-state index contributed by atoms with van der Waals surface area (Å²) in [4.78, 5) is 0. The summed E-state index contributed by atoms with van der Waals surface area (Å²) in [7, 11) is 0. The number of anilines is 1. The molecular formula is C24H20F2I2N6. The SMILES string of the molecule is Cc1ccc(C)n1-c1cc(I)n(-c2ccccc2F)n1.Nc1cc(I)n(-c2ccccc2F)n1. The Morgan fingerprint density at radius 3 is 1.65 bits per heavy atom. The highest BCUT2D eigenvalue weighted by Gasteiger charge is 2.14. The number of halogens is 4. The maximum absolute atomic E-state index is 13.9. The van der Waals surface area contributed by atoms with Gasteiger partial charge < -0.3 is 10.3 Å². The standard InChI is InChI=1S/C15H13FIN3.C9H7FIN3/c1-10-7-8-11(2)19(10)15-9-14(17)20(18-15)13-6-4-3-5-12(13)16;10-6-3-1-2-4-7(6)14-8(11)5-9(12)13-14/h3-9H,1-2H3;1-5H,(H2,12,13). The molecule has 0 atom stereocenters. The van der Waals surface area contributed by atoms with E-state index in [1.807, 2.05) is 38.1 Å². The van der Waals surface area contributed by atoms with Crippen LogP contribution < -0.4 is 5.73 Å². The second kappa shape index (κ2) is 10.3. The molecule has 0 saturated carbocycles. The normalized spacial score (nSPS) is 10.8. The van der Waals surface area contributed by atoms with Crippen LogP contribution in [0.3, 0.4) is 0 Å². The van der Waals surface area contributed by atoms with Crippen LogP contribution in [0.4, 0.5) is 14.6 Å². The molecule has 2 N–H and O–H groups in total. The van der Waals surface area contributed by atoms with Gasteiger partial charge in [-0.05, 0) is 95.4 Å². The number of hydrogen-bond acceptors (Lipinski definition) is 3. The molecule has 3 heterocycles. The summed E-state index contributed by atoms with van der Waals surface area (Å²) in [6.07, 6.45) is 0. The first-order valence-corrected chi connectivity index (χ1v) is 12.3. The molecule has 0 aliphatic heterocycles.